The molecule has 3 nitrogen and oxygen atoms in total. The monoisotopic (exact) mass is 318 g/mol. The van der Waals surface area contributed by atoms with Gasteiger partial charge >= 0.3 is 5.97 Å². The largest absolute Gasteiger partial charge is 0.481 e. The van der Waals surface area contributed by atoms with Crippen molar-refractivity contribution >= 4 is 11.8 Å². The van der Waals surface area contributed by atoms with Gasteiger partial charge in [-0.1, -0.05) is 88.6 Å². The Morgan fingerprint density at radius 1 is 0.913 bits per heavy atom. The van der Waals surface area contributed by atoms with Crippen LogP contribution in [0.25, 0.3) is 0 Å². The normalized spacial score (nSPS) is 12.0. The lowest BCUT2D eigenvalue weighted by molar-refractivity contribution is -0.137. The molecule has 0 radical (unpaired) electrons. The molecule has 0 saturated heterocycles. The average molecular weight is 318 g/mol. The Balaban J connectivity index is 2.34. The van der Waals surface area contributed by atoms with Crippen LogP contribution in [-0.4, -0.2) is 16.9 Å². The minimum Gasteiger partial charge on any atom is -0.481 e. The Labute approximate surface area is 140 Å². The van der Waals surface area contributed by atoms with Crippen molar-refractivity contribution in [2.75, 3.05) is 0 Å². The van der Waals surface area contributed by atoms with Gasteiger partial charge in [0.25, 0.3) is 0 Å². The number of benzene rings is 1. The van der Waals surface area contributed by atoms with E-state index in [4.69, 9.17) is 5.11 Å². The minimum atomic E-state index is -0.890. The zero-order valence-corrected chi connectivity index (χ0v) is 14.3. The van der Waals surface area contributed by atoms with Gasteiger partial charge in [0.05, 0.1) is 6.42 Å². The molecule has 1 aromatic rings. The number of Topliss-reactive ketones (excluding diaryl/α,β-unsaturated/α-hetero) is 1. The second kappa shape index (κ2) is 11.9. The molecule has 0 fully saturated rings. The summed E-state index contributed by atoms with van der Waals surface area (Å²) >= 11 is 0. The molecular weight excluding hydrogens is 288 g/mol. The van der Waals surface area contributed by atoms with Gasteiger partial charge in [-0.2, -0.15) is 0 Å². The highest BCUT2D eigenvalue weighted by Gasteiger charge is 2.22. The lowest BCUT2D eigenvalue weighted by Gasteiger charge is -2.13. The molecule has 0 aliphatic heterocycles. The first-order chi connectivity index (χ1) is 11.1. The number of carboxylic acid groups (broad SMARTS) is 1. The minimum absolute atomic E-state index is 0.0315. The number of ketones is 1. The molecule has 3 heteroatoms. The molecule has 1 unspecified atom stereocenters. The standard InChI is InChI=1S/C20H30O3/c1-2-3-4-5-6-7-8-10-15-18(16-19(21)22)20(23)17-13-11-9-12-14-17/h9,11-14,18H,2-8,10,15-16H2,1H3,(H,21,22). The van der Waals surface area contributed by atoms with E-state index in [9.17, 15) is 9.59 Å². The van der Waals surface area contributed by atoms with E-state index >= 15 is 0 Å². The van der Waals surface area contributed by atoms with Crippen molar-refractivity contribution < 1.29 is 14.7 Å². The summed E-state index contributed by atoms with van der Waals surface area (Å²) in [5.74, 6) is -1.32. The first-order valence-corrected chi connectivity index (χ1v) is 8.96. The summed E-state index contributed by atoms with van der Waals surface area (Å²) in [5, 5.41) is 9.05. The highest BCUT2D eigenvalue weighted by atomic mass is 16.4. The SMILES string of the molecule is CCCCCCCCCCC(CC(=O)O)C(=O)c1ccccc1. The second-order valence-electron chi connectivity index (χ2n) is 6.29. The topological polar surface area (TPSA) is 54.4 Å². The van der Waals surface area contributed by atoms with Crippen LogP contribution >= 0.6 is 0 Å². The van der Waals surface area contributed by atoms with Gasteiger partial charge in [-0.15, -0.1) is 0 Å². The van der Waals surface area contributed by atoms with E-state index in [2.05, 4.69) is 6.92 Å². The number of carbonyl (C=O) groups excluding carboxylic acids is 1. The Morgan fingerprint density at radius 2 is 1.48 bits per heavy atom. The summed E-state index contributed by atoms with van der Waals surface area (Å²) in [6.07, 6.45) is 10.2. The van der Waals surface area contributed by atoms with Crippen molar-refractivity contribution in [2.45, 2.75) is 71.1 Å². The highest BCUT2D eigenvalue weighted by molar-refractivity contribution is 5.99. The van der Waals surface area contributed by atoms with Gasteiger partial charge in [-0.3, -0.25) is 9.59 Å². The van der Waals surface area contributed by atoms with Crippen molar-refractivity contribution in [1.82, 2.24) is 0 Å². The molecule has 0 aliphatic carbocycles. The summed E-state index contributed by atoms with van der Waals surface area (Å²) < 4.78 is 0. The molecule has 23 heavy (non-hydrogen) atoms. The Morgan fingerprint density at radius 3 is 2.04 bits per heavy atom. The van der Waals surface area contributed by atoms with E-state index in [1.165, 1.54) is 38.5 Å². The zero-order chi connectivity index (χ0) is 16.9. The number of carboxylic acids is 1. The van der Waals surface area contributed by atoms with Gasteiger partial charge in [-0.25, -0.2) is 0 Å². The van der Waals surface area contributed by atoms with E-state index < -0.39 is 11.9 Å². The van der Waals surface area contributed by atoms with Gasteiger partial charge in [0, 0.05) is 11.5 Å². The molecule has 1 N–H and O–H groups in total. The van der Waals surface area contributed by atoms with Crippen LogP contribution in [0.4, 0.5) is 0 Å². The van der Waals surface area contributed by atoms with Gasteiger partial charge in [-0.05, 0) is 6.42 Å². The summed E-state index contributed by atoms with van der Waals surface area (Å²) in [5.41, 5.74) is 0.623. The molecule has 0 heterocycles. The van der Waals surface area contributed by atoms with E-state index in [0.29, 0.717) is 12.0 Å². The van der Waals surface area contributed by atoms with Crippen LogP contribution < -0.4 is 0 Å². The second-order valence-corrected chi connectivity index (χ2v) is 6.29. The lowest BCUT2D eigenvalue weighted by Crippen LogP contribution is -2.18. The third-order valence-corrected chi connectivity index (χ3v) is 4.26. The number of hydrogen-bond acceptors (Lipinski definition) is 2. The third kappa shape index (κ3) is 8.53. The van der Waals surface area contributed by atoms with Crippen molar-refractivity contribution in [1.29, 1.82) is 0 Å². The molecule has 1 aromatic carbocycles. The van der Waals surface area contributed by atoms with Gasteiger partial charge in [0.1, 0.15) is 0 Å². The maximum atomic E-state index is 12.5. The maximum absolute atomic E-state index is 12.5. The molecule has 0 spiro atoms. The molecular formula is C20H30O3. The maximum Gasteiger partial charge on any atom is 0.304 e. The molecule has 128 valence electrons. The van der Waals surface area contributed by atoms with E-state index in [0.717, 1.165) is 12.8 Å². The Kier molecular flexibility index (Phi) is 10.0. The molecule has 0 aromatic heterocycles. The van der Waals surface area contributed by atoms with Crippen LogP contribution in [0.2, 0.25) is 0 Å². The molecule has 1 rings (SSSR count). The fourth-order valence-electron chi connectivity index (χ4n) is 2.90. The third-order valence-electron chi connectivity index (χ3n) is 4.26. The number of hydrogen-bond donors (Lipinski definition) is 1. The Hall–Kier alpha value is -1.64. The van der Waals surface area contributed by atoms with Crippen LogP contribution in [0.5, 0.6) is 0 Å². The highest BCUT2D eigenvalue weighted by Crippen LogP contribution is 2.20. The first-order valence-electron chi connectivity index (χ1n) is 8.96. The van der Waals surface area contributed by atoms with Crippen molar-refractivity contribution in [3.63, 3.8) is 0 Å². The lowest BCUT2D eigenvalue weighted by atomic mass is 9.89. The quantitative estimate of drug-likeness (QED) is 0.386. The molecule has 0 saturated carbocycles. The predicted molar refractivity (Wildman–Crippen MR) is 93.7 cm³/mol. The number of unbranched alkanes of at least 4 members (excludes halogenated alkanes) is 7. The van der Waals surface area contributed by atoms with Gasteiger partial charge in [0.2, 0.25) is 0 Å². The summed E-state index contributed by atoms with van der Waals surface area (Å²) in [6.45, 7) is 2.21. The van der Waals surface area contributed by atoms with Gasteiger partial charge in [0.15, 0.2) is 5.78 Å². The predicted octanol–water partition coefficient (Wildman–Crippen LogP) is 5.49. The van der Waals surface area contributed by atoms with Crippen LogP contribution in [0.15, 0.2) is 30.3 Å². The van der Waals surface area contributed by atoms with E-state index in [-0.39, 0.29) is 12.2 Å². The molecule has 0 bridgehead atoms. The molecule has 0 aliphatic rings. The number of carbonyl (C=O) groups is 2. The molecule has 0 amide bonds. The van der Waals surface area contributed by atoms with Crippen LogP contribution in [0, 0.1) is 5.92 Å². The van der Waals surface area contributed by atoms with E-state index in [1.807, 2.05) is 18.2 Å². The Bertz CT molecular complexity index is 453. The first kappa shape index (κ1) is 19.4. The smallest absolute Gasteiger partial charge is 0.304 e. The summed E-state index contributed by atoms with van der Waals surface area (Å²) in [4.78, 5) is 23.5. The van der Waals surface area contributed by atoms with Crippen molar-refractivity contribution in [2.24, 2.45) is 5.92 Å². The van der Waals surface area contributed by atoms with Crippen molar-refractivity contribution in [3.05, 3.63) is 35.9 Å². The fraction of sp³-hybridized carbons (Fsp3) is 0.600. The van der Waals surface area contributed by atoms with Crippen LogP contribution in [0.1, 0.15) is 81.5 Å². The molecule has 1 atom stereocenters. The average Bonchev–Trinajstić information content (AvgIpc) is 2.56. The number of aliphatic carboxylic acids is 1. The summed E-state index contributed by atoms with van der Waals surface area (Å²) in [7, 11) is 0. The zero-order valence-electron chi connectivity index (χ0n) is 14.3. The summed E-state index contributed by atoms with van der Waals surface area (Å²) in [6, 6.07) is 9.04. The van der Waals surface area contributed by atoms with Gasteiger partial charge < -0.3 is 5.11 Å². The van der Waals surface area contributed by atoms with Crippen LogP contribution in [0.3, 0.4) is 0 Å². The fourth-order valence-corrected chi connectivity index (χ4v) is 2.90. The van der Waals surface area contributed by atoms with Crippen LogP contribution in [-0.2, 0) is 4.79 Å². The number of rotatable bonds is 13. The van der Waals surface area contributed by atoms with E-state index in [1.54, 1.807) is 12.1 Å². The van der Waals surface area contributed by atoms with Crippen molar-refractivity contribution in [3.8, 4) is 0 Å².